The second-order valence-corrected chi connectivity index (χ2v) is 5.76. The van der Waals surface area contributed by atoms with Crippen LogP contribution in [0.5, 0.6) is 0 Å². The van der Waals surface area contributed by atoms with Crippen LogP contribution in [0.25, 0.3) is 0 Å². The fourth-order valence-corrected chi connectivity index (χ4v) is 2.70. The van der Waals surface area contributed by atoms with Crippen LogP contribution in [-0.2, 0) is 4.74 Å². The Balaban J connectivity index is 2.11. The first kappa shape index (κ1) is 13.8. The van der Waals surface area contributed by atoms with Crippen LogP contribution < -0.4 is 11.1 Å². The number of benzene rings is 1. The van der Waals surface area contributed by atoms with Gasteiger partial charge in [0.25, 0.3) is 0 Å². The van der Waals surface area contributed by atoms with Gasteiger partial charge in [0.2, 0.25) is 0 Å². The molecule has 1 aliphatic heterocycles. The van der Waals surface area contributed by atoms with E-state index in [1.54, 1.807) is 0 Å². The van der Waals surface area contributed by atoms with Gasteiger partial charge in [0.05, 0.1) is 12.1 Å². The van der Waals surface area contributed by atoms with Gasteiger partial charge >= 0.3 is 0 Å². The second kappa shape index (κ2) is 6.04. The van der Waals surface area contributed by atoms with Gasteiger partial charge in [-0.05, 0) is 49.9 Å². The first-order chi connectivity index (χ1) is 8.61. The number of hydrogen-bond acceptors (Lipinski definition) is 3. The average molecular weight is 313 g/mol. The molecule has 1 aliphatic rings. The molecule has 2 unspecified atom stereocenters. The molecule has 1 heterocycles. The molecule has 0 amide bonds. The van der Waals surface area contributed by atoms with Crippen LogP contribution in [0.2, 0.25) is 0 Å². The van der Waals surface area contributed by atoms with E-state index in [1.165, 1.54) is 15.6 Å². The Hall–Kier alpha value is -0.580. The van der Waals surface area contributed by atoms with Crippen molar-refractivity contribution in [3.63, 3.8) is 0 Å². The molecule has 3 nitrogen and oxygen atoms in total. The van der Waals surface area contributed by atoms with E-state index in [4.69, 9.17) is 10.5 Å². The van der Waals surface area contributed by atoms with E-state index in [2.05, 4.69) is 47.2 Å². The highest BCUT2D eigenvalue weighted by Crippen LogP contribution is 2.26. The molecule has 1 aromatic carbocycles. The lowest BCUT2D eigenvalue weighted by Gasteiger charge is -2.24. The van der Waals surface area contributed by atoms with Gasteiger partial charge in [-0.25, -0.2) is 0 Å². The Morgan fingerprint density at radius 3 is 2.61 bits per heavy atom. The summed E-state index contributed by atoms with van der Waals surface area (Å²) in [5.41, 5.74) is 9.45. The van der Waals surface area contributed by atoms with Crippen molar-refractivity contribution in [2.24, 2.45) is 5.73 Å². The maximum absolute atomic E-state index is 5.85. The molecule has 0 spiro atoms. The van der Waals surface area contributed by atoms with Crippen LogP contribution in [0.4, 0.5) is 5.69 Å². The molecule has 1 saturated heterocycles. The number of anilines is 1. The summed E-state index contributed by atoms with van der Waals surface area (Å²) in [4.78, 5) is 0. The first-order valence-corrected chi connectivity index (χ1v) is 7.26. The summed E-state index contributed by atoms with van der Waals surface area (Å²) in [5, 5.41) is 3.51. The lowest BCUT2D eigenvalue weighted by atomic mass is 10.1. The van der Waals surface area contributed by atoms with E-state index in [0.717, 1.165) is 25.1 Å². The van der Waals surface area contributed by atoms with Crippen LogP contribution in [0.15, 0.2) is 16.6 Å². The number of rotatable bonds is 4. The molecular formula is C14H21BrN2O. The number of aryl methyl sites for hydroxylation is 2. The highest BCUT2D eigenvalue weighted by atomic mass is 79.9. The van der Waals surface area contributed by atoms with Crippen molar-refractivity contribution < 1.29 is 4.74 Å². The third kappa shape index (κ3) is 3.05. The summed E-state index contributed by atoms with van der Waals surface area (Å²) in [6.45, 7) is 5.66. The lowest BCUT2D eigenvalue weighted by Crippen LogP contribution is -2.39. The van der Waals surface area contributed by atoms with E-state index < -0.39 is 0 Å². The number of hydrogen-bond donors (Lipinski definition) is 2. The van der Waals surface area contributed by atoms with Crippen LogP contribution in [0.3, 0.4) is 0 Å². The SMILES string of the molecule is Cc1cc(NC(CN)C2CCCO2)cc(C)c1Br. The fraction of sp³-hybridized carbons (Fsp3) is 0.571. The number of ether oxygens (including phenoxy) is 1. The maximum Gasteiger partial charge on any atom is 0.0789 e. The minimum Gasteiger partial charge on any atom is -0.378 e. The molecule has 4 heteroatoms. The van der Waals surface area contributed by atoms with Gasteiger partial charge in [-0.3, -0.25) is 0 Å². The van der Waals surface area contributed by atoms with Crippen LogP contribution in [0, 0.1) is 13.8 Å². The molecule has 2 rings (SSSR count). The number of nitrogens with one attached hydrogen (secondary N) is 1. The molecule has 100 valence electrons. The lowest BCUT2D eigenvalue weighted by molar-refractivity contribution is 0.0973. The molecule has 2 atom stereocenters. The summed E-state index contributed by atoms with van der Waals surface area (Å²) in [7, 11) is 0. The van der Waals surface area contributed by atoms with Crippen molar-refractivity contribution in [2.45, 2.75) is 38.8 Å². The van der Waals surface area contributed by atoms with Crippen molar-refractivity contribution in [1.29, 1.82) is 0 Å². The van der Waals surface area contributed by atoms with Gasteiger partial charge in [-0.1, -0.05) is 15.9 Å². The van der Waals surface area contributed by atoms with Crippen molar-refractivity contribution in [3.8, 4) is 0 Å². The van der Waals surface area contributed by atoms with Gasteiger partial charge < -0.3 is 15.8 Å². The van der Waals surface area contributed by atoms with E-state index in [1.807, 2.05) is 0 Å². The normalized spacial score (nSPS) is 21.0. The molecule has 18 heavy (non-hydrogen) atoms. The van der Waals surface area contributed by atoms with Crippen LogP contribution >= 0.6 is 15.9 Å². The van der Waals surface area contributed by atoms with Gasteiger partial charge in [0, 0.05) is 23.3 Å². The zero-order valence-corrected chi connectivity index (χ0v) is 12.6. The van der Waals surface area contributed by atoms with Gasteiger partial charge in [-0.2, -0.15) is 0 Å². The van der Waals surface area contributed by atoms with Gasteiger partial charge in [0.1, 0.15) is 0 Å². The maximum atomic E-state index is 5.85. The number of halogens is 1. The zero-order valence-electron chi connectivity index (χ0n) is 11.0. The molecule has 0 aliphatic carbocycles. The number of nitrogens with two attached hydrogens (primary N) is 1. The molecule has 1 aromatic rings. The Morgan fingerprint density at radius 1 is 1.44 bits per heavy atom. The predicted octanol–water partition coefficient (Wildman–Crippen LogP) is 2.98. The summed E-state index contributed by atoms with van der Waals surface area (Å²) in [6, 6.07) is 4.50. The highest BCUT2D eigenvalue weighted by molar-refractivity contribution is 9.10. The first-order valence-electron chi connectivity index (χ1n) is 6.46. The molecule has 1 fully saturated rings. The minimum atomic E-state index is 0.201. The summed E-state index contributed by atoms with van der Waals surface area (Å²) >= 11 is 3.59. The Morgan fingerprint density at radius 2 is 2.11 bits per heavy atom. The van der Waals surface area contributed by atoms with Gasteiger partial charge in [0.15, 0.2) is 0 Å². The molecule has 0 bridgehead atoms. The smallest absolute Gasteiger partial charge is 0.0789 e. The topological polar surface area (TPSA) is 47.3 Å². The Labute approximate surface area is 117 Å². The van der Waals surface area contributed by atoms with E-state index in [0.29, 0.717) is 6.54 Å². The quantitative estimate of drug-likeness (QED) is 0.898. The minimum absolute atomic E-state index is 0.201. The van der Waals surface area contributed by atoms with Gasteiger partial charge in [-0.15, -0.1) is 0 Å². The second-order valence-electron chi connectivity index (χ2n) is 4.96. The van der Waals surface area contributed by atoms with Crippen molar-refractivity contribution in [1.82, 2.24) is 0 Å². The van der Waals surface area contributed by atoms with Crippen LogP contribution in [-0.4, -0.2) is 25.3 Å². The third-order valence-corrected chi connectivity index (χ3v) is 4.71. The van der Waals surface area contributed by atoms with Crippen molar-refractivity contribution in [3.05, 3.63) is 27.7 Å². The Kier molecular flexibility index (Phi) is 4.65. The predicted molar refractivity (Wildman–Crippen MR) is 79.1 cm³/mol. The molecule has 0 saturated carbocycles. The van der Waals surface area contributed by atoms with E-state index >= 15 is 0 Å². The molecule has 3 N–H and O–H groups in total. The van der Waals surface area contributed by atoms with Crippen LogP contribution in [0.1, 0.15) is 24.0 Å². The highest BCUT2D eigenvalue weighted by Gasteiger charge is 2.24. The molecular weight excluding hydrogens is 292 g/mol. The molecule has 0 radical (unpaired) electrons. The summed E-state index contributed by atoms with van der Waals surface area (Å²) < 4.78 is 6.89. The largest absolute Gasteiger partial charge is 0.378 e. The third-order valence-electron chi connectivity index (χ3n) is 3.46. The standard InChI is InChI=1S/C14H21BrN2O/c1-9-6-11(7-10(2)14(9)15)17-12(8-16)13-4-3-5-18-13/h6-7,12-13,17H,3-5,8,16H2,1-2H3. The van der Waals surface area contributed by atoms with E-state index in [9.17, 15) is 0 Å². The fourth-order valence-electron chi connectivity index (χ4n) is 2.47. The zero-order chi connectivity index (χ0) is 13.1. The average Bonchev–Trinajstić information content (AvgIpc) is 2.86. The van der Waals surface area contributed by atoms with E-state index in [-0.39, 0.29) is 12.1 Å². The molecule has 0 aromatic heterocycles. The van der Waals surface area contributed by atoms with Crippen molar-refractivity contribution in [2.75, 3.05) is 18.5 Å². The van der Waals surface area contributed by atoms with Crippen molar-refractivity contribution >= 4 is 21.6 Å². The Bertz CT molecular complexity index is 393. The monoisotopic (exact) mass is 312 g/mol. The summed E-state index contributed by atoms with van der Waals surface area (Å²) in [6.07, 6.45) is 2.49. The summed E-state index contributed by atoms with van der Waals surface area (Å²) in [5.74, 6) is 0.